The molecule has 4 aromatic heterocycles. The predicted molar refractivity (Wildman–Crippen MR) is 586 cm³/mol. The molecule has 12 nitrogen and oxygen atoms in total. The van der Waals surface area contributed by atoms with Crippen molar-refractivity contribution in [1.82, 2.24) is 18.3 Å². The quantitative estimate of drug-likeness (QED) is 0.0804. The fraction of sp³-hybridized carbons (Fsp3) is 0.355. The van der Waals surface area contributed by atoms with Crippen molar-refractivity contribution in [2.24, 2.45) is 34.1 Å². The highest BCUT2D eigenvalue weighted by atomic mass is 15.3. The first kappa shape index (κ1) is 97.8. The van der Waals surface area contributed by atoms with Crippen LogP contribution in [0.1, 0.15) is 275 Å². The summed E-state index contributed by atoms with van der Waals surface area (Å²) < 4.78 is 19.2. The molecular formula is C121H150B4N12+4. The molecule has 0 saturated heterocycles. The van der Waals surface area contributed by atoms with Crippen LogP contribution in [0, 0.1) is 61.3 Å². The SMILES string of the molecule is Cc1cccc(C)c1B1N(c2c(C(C)C)cccc2C(C)C)c2cccc(C)c2-c2n(C)cc[n+]21.Cc1cccc2c1-c1n(C)cc[n+]1B(C(C)C)N2c1c(C(C)C)cccc1C(C)C.Cc1cccc2c1-c1n(C)cc[n+]1B(c1c(C(C)C)cc(-c3ccccc3)cc1C(C)C)N2CC(C)C.Cc1cccc2c1-c1n(C)cc[n+]1B(c1c(C(C)C)cccc1C(C)C)N2c1c(C)cccc1C. The van der Waals surface area contributed by atoms with Crippen LogP contribution in [0.5, 0.6) is 0 Å². The molecule has 702 valence electrons. The Kier molecular flexibility index (Phi) is 28.3. The van der Waals surface area contributed by atoms with E-state index in [0.717, 1.165) is 6.54 Å². The zero-order chi connectivity index (χ0) is 98.2. The summed E-state index contributed by atoms with van der Waals surface area (Å²) in [7, 11) is 8.69. The molecule has 0 unspecified atom stereocenters. The molecule has 0 atom stereocenters. The van der Waals surface area contributed by atoms with Crippen molar-refractivity contribution in [3.05, 3.63) is 345 Å². The van der Waals surface area contributed by atoms with Gasteiger partial charge in [0.05, 0.1) is 50.4 Å². The van der Waals surface area contributed by atoms with Crippen molar-refractivity contribution < 1.29 is 17.9 Å². The maximum Gasteiger partial charge on any atom is 0.542 e. The first-order valence-corrected chi connectivity index (χ1v) is 50.9. The minimum absolute atomic E-state index is 0.0244. The van der Waals surface area contributed by atoms with Gasteiger partial charge in [0, 0.05) is 68.6 Å². The minimum Gasteiger partial charge on any atom is -0.369 e. The van der Waals surface area contributed by atoms with Crippen molar-refractivity contribution in [3.8, 4) is 56.7 Å². The van der Waals surface area contributed by atoms with Gasteiger partial charge in [-0.3, -0.25) is 17.9 Å². The van der Waals surface area contributed by atoms with Gasteiger partial charge in [0.25, 0.3) is 23.3 Å². The third kappa shape index (κ3) is 17.7. The van der Waals surface area contributed by atoms with E-state index in [2.05, 4.69) is 533 Å². The summed E-state index contributed by atoms with van der Waals surface area (Å²) in [5.74, 6) is 9.51. The van der Waals surface area contributed by atoms with Gasteiger partial charge < -0.3 is 19.2 Å². The fourth-order valence-electron chi connectivity index (χ4n) is 23.1. The number of hydrogen-bond acceptors (Lipinski definition) is 4. The van der Waals surface area contributed by atoms with Crippen molar-refractivity contribution >= 4 is 84.1 Å². The number of anilines is 7. The number of hydrogen-bond donors (Lipinski definition) is 0. The molecule has 0 radical (unpaired) electrons. The van der Waals surface area contributed by atoms with Gasteiger partial charge in [-0.1, -0.05) is 320 Å². The molecule has 0 saturated carbocycles. The highest BCUT2D eigenvalue weighted by Gasteiger charge is 2.54. The number of nitrogens with zero attached hydrogens (tertiary/aromatic N) is 12. The van der Waals surface area contributed by atoms with Gasteiger partial charge >= 0.3 is 27.9 Å². The lowest BCUT2D eigenvalue weighted by Crippen LogP contribution is -2.72. The van der Waals surface area contributed by atoms with Crippen LogP contribution in [-0.4, -0.2) is 52.7 Å². The first-order chi connectivity index (χ1) is 65.4. The Morgan fingerprint density at radius 3 is 0.905 bits per heavy atom. The van der Waals surface area contributed by atoms with E-state index in [0.29, 0.717) is 59.1 Å². The van der Waals surface area contributed by atoms with Crippen LogP contribution in [0.3, 0.4) is 0 Å². The Morgan fingerprint density at radius 2 is 0.533 bits per heavy atom. The van der Waals surface area contributed by atoms with E-state index < -0.39 is 0 Å². The molecule has 0 bridgehead atoms. The van der Waals surface area contributed by atoms with Crippen LogP contribution >= 0.6 is 0 Å². The van der Waals surface area contributed by atoms with E-state index in [1.54, 1.807) is 0 Å². The summed E-state index contributed by atoms with van der Waals surface area (Å²) in [6.45, 7) is 65.9. The van der Waals surface area contributed by atoms with Gasteiger partial charge in [0.1, 0.15) is 49.6 Å². The molecule has 8 heterocycles. The Labute approximate surface area is 823 Å². The Balaban J connectivity index is 0.000000133. The first-order valence-electron chi connectivity index (χ1n) is 50.9. The molecule has 4 aliphatic heterocycles. The molecule has 15 aromatic rings. The predicted octanol–water partition coefficient (Wildman–Crippen LogP) is 26.4. The number of para-hydroxylation sites is 3. The molecule has 0 amide bonds. The number of aryl methyl sites for hydroxylation is 12. The molecule has 0 N–H and O–H groups in total. The van der Waals surface area contributed by atoms with Crippen LogP contribution in [0.15, 0.2) is 256 Å². The van der Waals surface area contributed by atoms with Gasteiger partial charge in [0.2, 0.25) is 0 Å². The second kappa shape index (κ2) is 39.7. The summed E-state index contributed by atoms with van der Waals surface area (Å²) in [4.78, 5) is 10.6. The zero-order valence-electron chi connectivity index (χ0n) is 88.4. The molecule has 4 aliphatic rings. The van der Waals surface area contributed by atoms with Crippen molar-refractivity contribution in [3.63, 3.8) is 0 Å². The lowest BCUT2D eigenvalue weighted by molar-refractivity contribution is -0.527. The number of benzene rings is 11. The van der Waals surface area contributed by atoms with E-state index in [4.69, 9.17) is 0 Å². The molecule has 19 rings (SSSR count). The smallest absolute Gasteiger partial charge is 0.369 e. The van der Waals surface area contributed by atoms with Gasteiger partial charge in [-0.05, 0) is 233 Å². The second-order valence-corrected chi connectivity index (χ2v) is 43.0. The Bertz CT molecular complexity index is 6820. The number of fused-ring (bicyclic) bond motifs is 12. The lowest BCUT2D eigenvalue weighted by Gasteiger charge is -2.39. The number of rotatable bonds is 18. The Morgan fingerprint density at radius 1 is 0.248 bits per heavy atom. The molecular weight excluding hydrogens is 1660 g/mol. The van der Waals surface area contributed by atoms with Gasteiger partial charge in [-0.25, -0.2) is 18.3 Å². The Hall–Kier alpha value is -12.3. The van der Waals surface area contributed by atoms with Gasteiger partial charge in [-0.2, -0.15) is 0 Å². The summed E-state index contributed by atoms with van der Waals surface area (Å²) >= 11 is 0. The molecule has 137 heavy (non-hydrogen) atoms. The highest BCUT2D eigenvalue weighted by molar-refractivity contribution is 6.73. The van der Waals surface area contributed by atoms with E-state index >= 15 is 0 Å². The van der Waals surface area contributed by atoms with E-state index in [-0.39, 0.29) is 27.9 Å². The standard InChI is InChI=1S/C33H41BN3.2C31H37BN3.C26H35BN3/c1-22(2)21-37-30-16-12-13-25(7)31(30)33-35(8)17-18-36(33)34(37)32-28(23(3)4)19-27(20-29(32)24(5)6)26-14-10-9-11-15-26;1-20(2)25-15-11-16-26(21(3)4)29(25)32-34-19-18-33(8)31(34)28-22(5)12-10-17-27(28)35(32)30-23(6)13-9-14-24(30)7;1-20(2)25-15-11-16-26(21(3)4)30(25)35-27-17-10-12-22(5)28(27)31-33(8)18-19-34(31)32(35)29-23(6)13-9-14-24(29)7;1-17(2)21-12-10-13-22(18(3)4)25(21)30-23-14-9-11-20(7)24(23)26-28(8)15-16-29(26)27(30)19(5)6/h9-20,22-24H,21H2,1-8H3;2*9-21H,1-8H3;9-19H,1-8H3/q4*+1. The summed E-state index contributed by atoms with van der Waals surface area (Å²) in [5, 5.41) is 0. The lowest BCUT2D eigenvalue weighted by atomic mass is 9.57. The van der Waals surface area contributed by atoms with Crippen LogP contribution in [0.4, 0.5) is 39.8 Å². The van der Waals surface area contributed by atoms with E-state index in [1.807, 2.05) is 0 Å². The van der Waals surface area contributed by atoms with Crippen LogP contribution < -0.4 is 53.5 Å². The largest absolute Gasteiger partial charge is 0.542 e. The molecule has 0 aliphatic carbocycles. The molecule has 0 spiro atoms. The molecule has 0 fully saturated rings. The summed E-state index contributed by atoms with van der Waals surface area (Å²) in [5.41, 5.74) is 43.4. The van der Waals surface area contributed by atoms with E-state index in [9.17, 15) is 0 Å². The average Bonchev–Trinajstić information content (AvgIpc) is 1.68. The van der Waals surface area contributed by atoms with Gasteiger partial charge in [0.15, 0.2) is 0 Å². The van der Waals surface area contributed by atoms with Gasteiger partial charge in [-0.15, -0.1) is 0 Å². The number of aromatic nitrogens is 8. The zero-order valence-corrected chi connectivity index (χ0v) is 88.4. The third-order valence-corrected chi connectivity index (χ3v) is 29.6. The normalized spacial score (nSPS) is 13.1. The average molecular weight is 1820 g/mol. The fourth-order valence-corrected chi connectivity index (χ4v) is 23.1. The second-order valence-electron chi connectivity index (χ2n) is 43.0. The minimum atomic E-state index is 0.0244. The van der Waals surface area contributed by atoms with Crippen molar-refractivity contribution in [2.45, 2.75) is 247 Å². The summed E-state index contributed by atoms with van der Waals surface area (Å²) in [6, 6.07) is 76.9. The van der Waals surface area contributed by atoms with Crippen molar-refractivity contribution in [2.75, 3.05) is 25.8 Å². The summed E-state index contributed by atoms with van der Waals surface area (Å²) in [6.07, 6.45) is 17.9. The monoisotopic (exact) mass is 1820 g/mol. The van der Waals surface area contributed by atoms with Crippen LogP contribution in [0.2, 0.25) is 5.82 Å². The van der Waals surface area contributed by atoms with Crippen molar-refractivity contribution in [1.29, 1.82) is 0 Å². The maximum atomic E-state index is 2.68. The highest BCUT2D eigenvalue weighted by Crippen LogP contribution is 2.51. The van der Waals surface area contributed by atoms with Crippen LogP contribution in [0.25, 0.3) is 56.7 Å². The molecule has 11 aromatic carbocycles. The third-order valence-electron chi connectivity index (χ3n) is 29.6. The molecule has 16 heteroatoms. The maximum absolute atomic E-state index is 2.68. The number of imidazole rings is 4. The van der Waals surface area contributed by atoms with Crippen LogP contribution in [-0.2, 0) is 28.2 Å². The van der Waals surface area contributed by atoms with E-state index in [1.165, 1.54) is 202 Å². The topological polar surface area (TPSA) is 48.2 Å².